The minimum absolute atomic E-state index is 0.0956. The summed E-state index contributed by atoms with van der Waals surface area (Å²) in [4.78, 5) is 26.1. The first-order valence-corrected chi connectivity index (χ1v) is 8.89. The van der Waals surface area contributed by atoms with Crippen molar-refractivity contribution in [2.24, 2.45) is 0 Å². The molecule has 0 spiro atoms. The molecule has 142 valence electrons. The van der Waals surface area contributed by atoms with Gasteiger partial charge in [0.2, 0.25) is 0 Å². The first-order chi connectivity index (χ1) is 13.1. The minimum atomic E-state index is -1.13. The number of likely N-dealkylation sites (N-methyl/N-ethyl adjacent to an activating group) is 1. The Balaban J connectivity index is 1.99. The number of ether oxygens (including phenoxy) is 2. The van der Waals surface area contributed by atoms with Crippen LogP contribution in [0.3, 0.4) is 0 Å². The molecule has 1 aliphatic heterocycles. The number of para-hydroxylation sites is 2. The van der Waals surface area contributed by atoms with Crippen LogP contribution in [0.5, 0.6) is 0 Å². The lowest BCUT2D eigenvalue weighted by Gasteiger charge is -2.34. The molecule has 1 aromatic carbocycles. The van der Waals surface area contributed by atoms with E-state index in [1.54, 1.807) is 0 Å². The number of anilines is 1. The fourth-order valence-electron chi connectivity index (χ4n) is 2.98. The molecule has 8 heteroatoms. The molecule has 0 saturated carbocycles. The molecule has 2 aromatic rings. The number of aromatic nitrogens is 2. The molecule has 1 saturated heterocycles. The third kappa shape index (κ3) is 4.32. The number of carbonyl (C=O) groups is 1. The van der Waals surface area contributed by atoms with Gasteiger partial charge in [0.15, 0.2) is 11.7 Å². The monoisotopic (exact) mass is 369 g/mol. The number of hydrogen-bond acceptors (Lipinski definition) is 8. The van der Waals surface area contributed by atoms with Gasteiger partial charge in [-0.1, -0.05) is 12.1 Å². The predicted octanol–water partition coefficient (Wildman–Crippen LogP) is 1.18. The molecular weight excluding hydrogens is 346 g/mol. The summed E-state index contributed by atoms with van der Waals surface area (Å²) in [5.41, 5.74) is 1.73. The zero-order chi connectivity index (χ0) is 19.2. The van der Waals surface area contributed by atoms with E-state index in [2.05, 4.69) is 21.8 Å². The highest BCUT2D eigenvalue weighted by Crippen LogP contribution is 2.28. The number of fused-ring (bicyclic) bond motifs is 1. The molecule has 0 amide bonds. The van der Waals surface area contributed by atoms with Crippen molar-refractivity contribution in [2.45, 2.75) is 5.92 Å². The Morgan fingerprint density at radius 3 is 2.48 bits per heavy atom. The molecule has 0 bridgehead atoms. The van der Waals surface area contributed by atoms with Crippen LogP contribution in [0.1, 0.15) is 11.6 Å². The van der Waals surface area contributed by atoms with Crippen molar-refractivity contribution in [2.75, 3.05) is 58.5 Å². The number of piperazine rings is 1. The van der Waals surface area contributed by atoms with Gasteiger partial charge in [0.25, 0.3) is 0 Å². The van der Waals surface area contributed by atoms with E-state index in [0.29, 0.717) is 17.0 Å². The van der Waals surface area contributed by atoms with E-state index in [9.17, 15) is 10.1 Å². The van der Waals surface area contributed by atoms with Crippen molar-refractivity contribution in [3.63, 3.8) is 0 Å². The Hall–Kier alpha value is -2.76. The van der Waals surface area contributed by atoms with Crippen LogP contribution in [0.15, 0.2) is 24.3 Å². The first-order valence-electron chi connectivity index (χ1n) is 8.89. The van der Waals surface area contributed by atoms with Gasteiger partial charge in [-0.3, -0.25) is 4.79 Å². The third-order valence-corrected chi connectivity index (χ3v) is 4.55. The average Bonchev–Trinajstić information content (AvgIpc) is 2.69. The van der Waals surface area contributed by atoms with Crippen LogP contribution in [0, 0.1) is 11.3 Å². The van der Waals surface area contributed by atoms with Crippen molar-refractivity contribution < 1.29 is 14.3 Å². The molecule has 1 fully saturated rings. The Kier molecular flexibility index (Phi) is 6.16. The normalized spacial score (nSPS) is 16.1. The summed E-state index contributed by atoms with van der Waals surface area (Å²) in [6, 6.07) is 9.50. The summed E-state index contributed by atoms with van der Waals surface area (Å²) >= 11 is 0. The minimum Gasteiger partial charge on any atom is -0.462 e. The van der Waals surface area contributed by atoms with E-state index < -0.39 is 11.9 Å². The Morgan fingerprint density at radius 1 is 1.19 bits per heavy atom. The van der Waals surface area contributed by atoms with Gasteiger partial charge in [0.1, 0.15) is 12.3 Å². The second-order valence-electron chi connectivity index (χ2n) is 6.43. The highest BCUT2D eigenvalue weighted by Gasteiger charge is 2.30. The van der Waals surface area contributed by atoms with Gasteiger partial charge in [-0.25, -0.2) is 9.97 Å². The fourth-order valence-corrected chi connectivity index (χ4v) is 2.98. The Morgan fingerprint density at radius 2 is 1.85 bits per heavy atom. The van der Waals surface area contributed by atoms with Crippen LogP contribution in [0.4, 0.5) is 5.82 Å². The Labute approximate surface area is 158 Å². The number of carbonyl (C=O) groups excluding carboxylic acids is 1. The van der Waals surface area contributed by atoms with E-state index in [0.717, 1.165) is 31.7 Å². The molecule has 0 N–H and O–H groups in total. The lowest BCUT2D eigenvalue weighted by molar-refractivity contribution is -0.145. The molecule has 27 heavy (non-hydrogen) atoms. The molecule has 1 aromatic heterocycles. The maximum absolute atomic E-state index is 12.5. The lowest BCUT2D eigenvalue weighted by Crippen LogP contribution is -2.45. The molecular formula is C19H23N5O3. The van der Waals surface area contributed by atoms with Crippen molar-refractivity contribution in [3.05, 3.63) is 30.0 Å². The SMILES string of the molecule is COCCOC(=O)C(C#N)c1nc2ccccc2nc1N1CCN(C)CC1. The van der Waals surface area contributed by atoms with Crippen molar-refractivity contribution in [1.29, 1.82) is 5.26 Å². The second kappa shape index (κ2) is 8.75. The molecule has 0 radical (unpaired) electrons. The van der Waals surface area contributed by atoms with Crippen molar-refractivity contribution in [1.82, 2.24) is 14.9 Å². The van der Waals surface area contributed by atoms with Gasteiger partial charge < -0.3 is 19.3 Å². The number of benzene rings is 1. The van der Waals surface area contributed by atoms with Gasteiger partial charge >= 0.3 is 5.97 Å². The first kappa shape index (κ1) is 19.0. The number of methoxy groups -OCH3 is 1. The number of esters is 1. The quantitative estimate of drug-likeness (QED) is 0.554. The van der Waals surface area contributed by atoms with Crippen LogP contribution in [0.2, 0.25) is 0 Å². The molecule has 1 unspecified atom stereocenters. The van der Waals surface area contributed by atoms with E-state index in [-0.39, 0.29) is 13.2 Å². The van der Waals surface area contributed by atoms with Gasteiger partial charge in [-0.15, -0.1) is 0 Å². The highest BCUT2D eigenvalue weighted by atomic mass is 16.6. The number of rotatable bonds is 6. The standard InChI is InChI=1S/C19H23N5O3/c1-23-7-9-24(10-8-23)18-17(14(13-20)19(25)27-12-11-26-2)21-15-5-3-4-6-16(15)22-18/h3-6,14H,7-12H2,1-2H3. The summed E-state index contributed by atoms with van der Waals surface area (Å²) < 4.78 is 10.1. The average molecular weight is 369 g/mol. The number of nitrogens with zero attached hydrogens (tertiary/aromatic N) is 5. The number of hydrogen-bond donors (Lipinski definition) is 0. The second-order valence-corrected chi connectivity index (χ2v) is 6.43. The van der Waals surface area contributed by atoms with Crippen molar-refractivity contribution >= 4 is 22.8 Å². The summed E-state index contributed by atoms with van der Waals surface area (Å²) in [7, 11) is 3.59. The maximum atomic E-state index is 12.5. The largest absolute Gasteiger partial charge is 0.462 e. The zero-order valence-corrected chi connectivity index (χ0v) is 15.6. The summed E-state index contributed by atoms with van der Waals surface area (Å²) in [5, 5.41) is 9.67. The van der Waals surface area contributed by atoms with Gasteiger partial charge in [0.05, 0.1) is 23.7 Å². The van der Waals surface area contributed by atoms with Gasteiger partial charge in [-0.05, 0) is 19.2 Å². The summed E-state index contributed by atoms with van der Waals surface area (Å²) in [5.74, 6) is -1.18. The summed E-state index contributed by atoms with van der Waals surface area (Å²) in [6.45, 7) is 3.64. The zero-order valence-electron chi connectivity index (χ0n) is 15.6. The van der Waals surface area contributed by atoms with Crippen LogP contribution in [-0.4, -0.2) is 74.4 Å². The molecule has 0 aliphatic carbocycles. The van der Waals surface area contributed by atoms with E-state index in [1.807, 2.05) is 30.3 Å². The lowest BCUT2D eigenvalue weighted by atomic mass is 10.1. The van der Waals surface area contributed by atoms with Crippen LogP contribution >= 0.6 is 0 Å². The number of nitriles is 1. The maximum Gasteiger partial charge on any atom is 0.329 e. The molecule has 1 aliphatic rings. The van der Waals surface area contributed by atoms with Crippen LogP contribution < -0.4 is 4.90 Å². The van der Waals surface area contributed by atoms with Gasteiger partial charge in [0, 0.05) is 33.3 Å². The molecule has 3 rings (SSSR count). The molecule has 8 nitrogen and oxygen atoms in total. The van der Waals surface area contributed by atoms with Crippen molar-refractivity contribution in [3.8, 4) is 6.07 Å². The predicted molar refractivity (Wildman–Crippen MR) is 100 cm³/mol. The van der Waals surface area contributed by atoms with Crippen LogP contribution in [0.25, 0.3) is 11.0 Å². The Bertz CT molecular complexity index is 843. The molecule has 2 heterocycles. The summed E-state index contributed by atoms with van der Waals surface area (Å²) in [6.07, 6.45) is 0. The fraction of sp³-hybridized carbons (Fsp3) is 0.474. The highest BCUT2D eigenvalue weighted by molar-refractivity contribution is 5.85. The third-order valence-electron chi connectivity index (χ3n) is 4.55. The smallest absolute Gasteiger partial charge is 0.329 e. The van der Waals surface area contributed by atoms with E-state index >= 15 is 0 Å². The van der Waals surface area contributed by atoms with E-state index in [4.69, 9.17) is 14.5 Å². The van der Waals surface area contributed by atoms with Crippen LogP contribution in [-0.2, 0) is 14.3 Å². The topological polar surface area (TPSA) is 91.6 Å². The van der Waals surface area contributed by atoms with E-state index in [1.165, 1.54) is 7.11 Å². The van der Waals surface area contributed by atoms with Gasteiger partial charge in [-0.2, -0.15) is 5.26 Å². The molecule has 1 atom stereocenters.